The third-order valence-electron chi connectivity index (χ3n) is 2.36. The average Bonchev–Trinajstić information content (AvgIpc) is 2.76. The SMILES string of the molecule is Cc1c(CN)cnn1Cc1ccc(Br)s1. The van der Waals surface area contributed by atoms with Crippen molar-refractivity contribution in [2.75, 3.05) is 0 Å². The van der Waals surface area contributed by atoms with E-state index in [9.17, 15) is 0 Å². The fraction of sp³-hybridized carbons (Fsp3) is 0.300. The molecule has 0 saturated carbocycles. The Morgan fingerprint density at radius 1 is 1.53 bits per heavy atom. The molecule has 2 heterocycles. The molecule has 0 atom stereocenters. The quantitative estimate of drug-likeness (QED) is 0.942. The number of hydrogen-bond donors (Lipinski definition) is 1. The van der Waals surface area contributed by atoms with Gasteiger partial charge in [0.25, 0.3) is 0 Å². The van der Waals surface area contributed by atoms with Crippen LogP contribution in [0.3, 0.4) is 0 Å². The summed E-state index contributed by atoms with van der Waals surface area (Å²) in [7, 11) is 0. The first-order valence-corrected chi connectivity index (χ1v) is 6.27. The first-order chi connectivity index (χ1) is 7.20. The van der Waals surface area contributed by atoms with E-state index in [1.54, 1.807) is 11.3 Å². The number of nitrogens with two attached hydrogens (primary N) is 1. The second-order valence-corrected chi connectivity index (χ2v) is 5.87. The zero-order valence-corrected chi connectivity index (χ0v) is 10.8. The summed E-state index contributed by atoms with van der Waals surface area (Å²) >= 11 is 5.18. The molecule has 0 fully saturated rings. The Hall–Kier alpha value is -0.650. The molecule has 0 spiro atoms. The van der Waals surface area contributed by atoms with Crippen LogP contribution in [0.5, 0.6) is 0 Å². The Bertz CT molecular complexity index is 461. The van der Waals surface area contributed by atoms with Crippen LogP contribution in [0.4, 0.5) is 0 Å². The zero-order valence-electron chi connectivity index (χ0n) is 8.40. The Morgan fingerprint density at radius 3 is 2.87 bits per heavy atom. The van der Waals surface area contributed by atoms with Crippen LogP contribution in [0.1, 0.15) is 16.1 Å². The molecule has 0 aliphatic carbocycles. The van der Waals surface area contributed by atoms with Gasteiger partial charge in [0.05, 0.1) is 16.5 Å². The lowest BCUT2D eigenvalue weighted by molar-refractivity contribution is 0.670. The number of rotatable bonds is 3. The van der Waals surface area contributed by atoms with E-state index in [-0.39, 0.29) is 0 Å². The lowest BCUT2D eigenvalue weighted by atomic mass is 10.3. The highest BCUT2D eigenvalue weighted by Crippen LogP contribution is 2.23. The third-order valence-corrected chi connectivity index (χ3v) is 3.97. The van der Waals surface area contributed by atoms with Crippen LogP contribution in [-0.4, -0.2) is 9.78 Å². The first kappa shape index (κ1) is 10.9. The highest BCUT2D eigenvalue weighted by molar-refractivity contribution is 9.11. The van der Waals surface area contributed by atoms with Crippen LogP contribution in [0.2, 0.25) is 0 Å². The van der Waals surface area contributed by atoms with E-state index in [2.05, 4.69) is 40.1 Å². The van der Waals surface area contributed by atoms with Crippen LogP contribution < -0.4 is 5.73 Å². The van der Waals surface area contributed by atoms with E-state index in [0.717, 1.165) is 21.6 Å². The molecule has 5 heteroatoms. The van der Waals surface area contributed by atoms with Crippen molar-refractivity contribution in [1.29, 1.82) is 0 Å². The molecule has 15 heavy (non-hydrogen) atoms. The highest BCUT2D eigenvalue weighted by Gasteiger charge is 2.06. The molecule has 0 saturated heterocycles. The normalized spacial score (nSPS) is 10.9. The number of hydrogen-bond acceptors (Lipinski definition) is 3. The number of halogens is 1. The van der Waals surface area contributed by atoms with Gasteiger partial charge >= 0.3 is 0 Å². The number of aromatic nitrogens is 2. The molecule has 2 aromatic heterocycles. The lowest BCUT2D eigenvalue weighted by Crippen LogP contribution is -2.04. The molecule has 0 bridgehead atoms. The van der Waals surface area contributed by atoms with Crippen molar-refractivity contribution in [2.45, 2.75) is 20.0 Å². The van der Waals surface area contributed by atoms with Crippen molar-refractivity contribution in [1.82, 2.24) is 9.78 Å². The van der Waals surface area contributed by atoms with Crippen molar-refractivity contribution in [2.24, 2.45) is 5.73 Å². The Labute approximate surface area is 101 Å². The molecule has 0 aromatic carbocycles. The number of nitrogens with zero attached hydrogens (tertiary/aromatic N) is 2. The van der Waals surface area contributed by atoms with Crippen LogP contribution in [-0.2, 0) is 13.1 Å². The lowest BCUT2D eigenvalue weighted by Gasteiger charge is -2.02. The standard InChI is InChI=1S/C10H12BrN3S/c1-7-8(4-12)5-13-14(7)6-9-2-3-10(11)15-9/h2-3,5H,4,6,12H2,1H3. The summed E-state index contributed by atoms with van der Waals surface area (Å²) in [5.41, 5.74) is 7.87. The smallest absolute Gasteiger partial charge is 0.0755 e. The summed E-state index contributed by atoms with van der Waals surface area (Å²) in [4.78, 5) is 1.29. The first-order valence-electron chi connectivity index (χ1n) is 4.66. The van der Waals surface area contributed by atoms with Gasteiger partial charge in [-0.2, -0.15) is 5.10 Å². The molecule has 2 N–H and O–H groups in total. The van der Waals surface area contributed by atoms with Gasteiger partial charge in [-0.05, 0) is 35.0 Å². The van der Waals surface area contributed by atoms with Crippen LogP contribution >= 0.6 is 27.3 Å². The van der Waals surface area contributed by atoms with E-state index < -0.39 is 0 Å². The molecule has 0 aliphatic rings. The van der Waals surface area contributed by atoms with Gasteiger partial charge in [0.15, 0.2) is 0 Å². The summed E-state index contributed by atoms with van der Waals surface area (Å²) in [6, 6.07) is 4.17. The topological polar surface area (TPSA) is 43.8 Å². The van der Waals surface area contributed by atoms with Gasteiger partial charge in [-0.3, -0.25) is 4.68 Å². The van der Waals surface area contributed by atoms with Crippen LogP contribution in [0.15, 0.2) is 22.1 Å². The third kappa shape index (κ3) is 2.30. The average molecular weight is 286 g/mol. The zero-order chi connectivity index (χ0) is 10.8. The summed E-state index contributed by atoms with van der Waals surface area (Å²) < 4.78 is 3.14. The van der Waals surface area contributed by atoms with E-state index in [0.29, 0.717) is 6.54 Å². The van der Waals surface area contributed by atoms with E-state index in [4.69, 9.17) is 5.73 Å². The predicted molar refractivity (Wildman–Crippen MR) is 66.0 cm³/mol. The highest BCUT2D eigenvalue weighted by atomic mass is 79.9. The molecule has 80 valence electrons. The van der Waals surface area contributed by atoms with E-state index >= 15 is 0 Å². The summed E-state index contributed by atoms with van der Waals surface area (Å²) in [5.74, 6) is 0. The van der Waals surface area contributed by atoms with Gasteiger partial charge in [0.1, 0.15) is 0 Å². The minimum absolute atomic E-state index is 0.556. The van der Waals surface area contributed by atoms with E-state index in [1.165, 1.54) is 4.88 Å². The fourth-order valence-corrected chi connectivity index (χ4v) is 2.89. The minimum Gasteiger partial charge on any atom is -0.326 e. The maximum absolute atomic E-state index is 5.60. The van der Waals surface area contributed by atoms with Gasteiger partial charge in [-0.15, -0.1) is 11.3 Å². The van der Waals surface area contributed by atoms with Gasteiger partial charge < -0.3 is 5.73 Å². The molecule has 2 rings (SSSR count). The Balaban J connectivity index is 2.21. The predicted octanol–water partition coefficient (Wildman–Crippen LogP) is 2.52. The number of thiophene rings is 1. The van der Waals surface area contributed by atoms with Crippen molar-refractivity contribution in [3.05, 3.63) is 38.3 Å². The molecular weight excluding hydrogens is 274 g/mol. The molecule has 2 aromatic rings. The van der Waals surface area contributed by atoms with Crippen LogP contribution in [0, 0.1) is 6.92 Å². The summed E-state index contributed by atoms with van der Waals surface area (Å²) in [6.07, 6.45) is 1.85. The second-order valence-electron chi connectivity index (χ2n) is 3.32. The van der Waals surface area contributed by atoms with Crippen molar-refractivity contribution >= 4 is 27.3 Å². The minimum atomic E-state index is 0.556. The second kappa shape index (κ2) is 4.47. The Morgan fingerprint density at radius 2 is 2.33 bits per heavy atom. The maximum Gasteiger partial charge on any atom is 0.0755 e. The molecule has 3 nitrogen and oxygen atoms in total. The van der Waals surface area contributed by atoms with E-state index in [1.807, 2.05) is 10.9 Å². The molecular formula is C10H12BrN3S. The summed E-state index contributed by atoms with van der Waals surface area (Å²) in [6.45, 7) is 3.43. The van der Waals surface area contributed by atoms with Crippen molar-refractivity contribution in [3.63, 3.8) is 0 Å². The van der Waals surface area contributed by atoms with Crippen molar-refractivity contribution in [3.8, 4) is 0 Å². The molecule has 0 aliphatic heterocycles. The molecule has 0 radical (unpaired) electrons. The van der Waals surface area contributed by atoms with Crippen molar-refractivity contribution < 1.29 is 0 Å². The Kier molecular flexibility index (Phi) is 3.23. The monoisotopic (exact) mass is 285 g/mol. The van der Waals surface area contributed by atoms with Gasteiger partial charge in [0.2, 0.25) is 0 Å². The van der Waals surface area contributed by atoms with Gasteiger partial charge in [-0.25, -0.2) is 0 Å². The largest absolute Gasteiger partial charge is 0.326 e. The summed E-state index contributed by atoms with van der Waals surface area (Å²) in [5, 5.41) is 4.32. The fourth-order valence-electron chi connectivity index (χ4n) is 1.43. The van der Waals surface area contributed by atoms with Gasteiger partial charge in [0, 0.05) is 22.7 Å². The van der Waals surface area contributed by atoms with Crippen LogP contribution in [0.25, 0.3) is 0 Å². The molecule has 0 amide bonds. The van der Waals surface area contributed by atoms with Gasteiger partial charge in [-0.1, -0.05) is 0 Å². The maximum atomic E-state index is 5.60. The molecule has 0 unspecified atom stereocenters.